The minimum absolute atomic E-state index is 0.0107. The molecule has 0 aliphatic heterocycles. The molecule has 0 N–H and O–H groups in total. The molecule has 1 aromatic carbocycles. The average molecular weight is 254 g/mol. The molecule has 0 aliphatic carbocycles. The van der Waals surface area contributed by atoms with Crippen molar-refractivity contribution in [1.29, 1.82) is 0 Å². The van der Waals surface area contributed by atoms with Crippen LogP contribution < -0.4 is 4.74 Å². The summed E-state index contributed by atoms with van der Waals surface area (Å²) in [6, 6.07) is 5.30. The van der Waals surface area contributed by atoms with E-state index in [4.69, 9.17) is 4.74 Å². The Bertz CT molecular complexity index is 427. The summed E-state index contributed by atoms with van der Waals surface area (Å²) in [5.74, 6) is 1.78. The molecule has 1 atom stereocenters. The van der Waals surface area contributed by atoms with Gasteiger partial charge in [-0.15, -0.1) is 0 Å². The van der Waals surface area contributed by atoms with Crippen LogP contribution in [-0.2, 0) is 16.6 Å². The first kappa shape index (κ1) is 13.9. The Kier molecular flexibility index (Phi) is 5.35. The molecule has 94 valence electrons. The summed E-state index contributed by atoms with van der Waals surface area (Å²) in [6.45, 7) is 5.87. The van der Waals surface area contributed by atoms with Gasteiger partial charge < -0.3 is 4.74 Å². The summed E-state index contributed by atoms with van der Waals surface area (Å²) >= 11 is 0. The van der Waals surface area contributed by atoms with Crippen LogP contribution in [0.4, 0.5) is 0 Å². The monoisotopic (exact) mass is 254 g/mol. The second kappa shape index (κ2) is 6.55. The number of carbonyl (C=O) groups excluding carboxylic acids is 1. The maximum atomic E-state index is 11.6. The van der Waals surface area contributed by atoms with E-state index in [1.807, 2.05) is 13.8 Å². The van der Waals surface area contributed by atoms with Gasteiger partial charge in [-0.25, -0.2) is 0 Å². The van der Waals surface area contributed by atoms with E-state index in [1.54, 1.807) is 18.2 Å². The van der Waals surface area contributed by atoms with Crippen molar-refractivity contribution in [3.05, 3.63) is 29.3 Å². The lowest BCUT2D eigenvalue weighted by atomic mass is 10.1. The largest absolute Gasteiger partial charge is 0.494 e. The van der Waals surface area contributed by atoms with E-state index in [1.165, 1.54) is 6.92 Å². The molecule has 1 aromatic rings. The number of rotatable bonds is 6. The van der Waals surface area contributed by atoms with E-state index >= 15 is 0 Å². The van der Waals surface area contributed by atoms with Crippen molar-refractivity contribution in [2.75, 3.05) is 12.4 Å². The second-order valence-corrected chi connectivity index (χ2v) is 5.43. The van der Waals surface area contributed by atoms with Crippen LogP contribution in [0.25, 0.3) is 0 Å². The molecule has 0 radical (unpaired) electrons. The van der Waals surface area contributed by atoms with Crippen LogP contribution in [0.15, 0.2) is 18.2 Å². The van der Waals surface area contributed by atoms with E-state index in [9.17, 15) is 9.00 Å². The zero-order valence-electron chi connectivity index (χ0n) is 10.5. The van der Waals surface area contributed by atoms with Gasteiger partial charge in [0.05, 0.1) is 12.4 Å². The first-order valence-electron chi connectivity index (χ1n) is 5.70. The highest BCUT2D eigenvalue weighted by Crippen LogP contribution is 2.22. The van der Waals surface area contributed by atoms with Crippen molar-refractivity contribution in [2.45, 2.75) is 26.5 Å². The normalized spacial score (nSPS) is 12.2. The lowest BCUT2D eigenvalue weighted by molar-refractivity contribution is 0.101. The molecule has 1 rings (SSSR count). The lowest BCUT2D eigenvalue weighted by Gasteiger charge is -2.10. The third kappa shape index (κ3) is 3.97. The Morgan fingerprint density at radius 3 is 2.59 bits per heavy atom. The predicted octanol–water partition coefficient (Wildman–Crippen LogP) is 2.56. The Labute approximate surface area is 105 Å². The Morgan fingerprint density at radius 1 is 1.35 bits per heavy atom. The summed E-state index contributed by atoms with van der Waals surface area (Å²) in [6.07, 6.45) is 0. The number of ketones is 1. The highest BCUT2D eigenvalue weighted by molar-refractivity contribution is 7.84. The molecule has 0 saturated carbocycles. The molecular formula is C13H18O3S. The highest BCUT2D eigenvalue weighted by atomic mass is 32.2. The maximum absolute atomic E-state index is 11.6. The van der Waals surface area contributed by atoms with Crippen LogP contribution in [0.2, 0.25) is 0 Å². The van der Waals surface area contributed by atoms with E-state index in [-0.39, 0.29) is 5.78 Å². The van der Waals surface area contributed by atoms with Gasteiger partial charge in [0, 0.05) is 27.7 Å². The van der Waals surface area contributed by atoms with E-state index < -0.39 is 10.8 Å². The van der Waals surface area contributed by atoms with Gasteiger partial charge in [0.2, 0.25) is 0 Å². The van der Waals surface area contributed by atoms with Crippen molar-refractivity contribution in [1.82, 2.24) is 0 Å². The molecule has 0 aromatic heterocycles. The topological polar surface area (TPSA) is 43.4 Å². The van der Waals surface area contributed by atoms with Crippen LogP contribution in [0.3, 0.4) is 0 Å². The third-order valence-corrected chi connectivity index (χ3v) is 3.68. The number of carbonyl (C=O) groups is 1. The van der Waals surface area contributed by atoms with Crippen LogP contribution in [0, 0.1) is 0 Å². The molecule has 0 fully saturated rings. The van der Waals surface area contributed by atoms with Crippen molar-refractivity contribution in [3.8, 4) is 5.75 Å². The van der Waals surface area contributed by atoms with Gasteiger partial charge in [-0.2, -0.15) is 0 Å². The molecule has 0 saturated heterocycles. The van der Waals surface area contributed by atoms with Gasteiger partial charge in [0.1, 0.15) is 5.75 Å². The maximum Gasteiger partial charge on any atom is 0.159 e. The quantitative estimate of drug-likeness (QED) is 0.733. The van der Waals surface area contributed by atoms with Crippen molar-refractivity contribution in [3.63, 3.8) is 0 Å². The van der Waals surface area contributed by atoms with Crippen LogP contribution in [0.5, 0.6) is 5.75 Å². The molecule has 3 nitrogen and oxygen atoms in total. The fourth-order valence-electron chi connectivity index (χ4n) is 1.48. The fourth-order valence-corrected chi connectivity index (χ4v) is 2.26. The molecule has 17 heavy (non-hydrogen) atoms. The Hall–Kier alpha value is -1.16. The van der Waals surface area contributed by atoms with Gasteiger partial charge in [-0.1, -0.05) is 6.92 Å². The lowest BCUT2D eigenvalue weighted by Crippen LogP contribution is -2.04. The summed E-state index contributed by atoms with van der Waals surface area (Å²) in [5, 5.41) is 0. The number of hydrogen-bond donors (Lipinski definition) is 0. The number of hydrogen-bond acceptors (Lipinski definition) is 3. The van der Waals surface area contributed by atoms with Gasteiger partial charge in [-0.3, -0.25) is 9.00 Å². The van der Waals surface area contributed by atoms with Crippen LogP contribution >= 0.6 is 0 Å². The number of ether oxygens (including phenoxy) is 1. The van der Waals surface area contributed by atoms with Crippen molar-refractivity contribution < 1.29 is 13.7 Å². The summed E-state index contributed by atoms with van der Waals surface area (Å²) < 4.78 is 17.1. The minimum atomic E-state index is -0.905. The zero-order valence-corrected chi connectivity index (χ0v) is 11.3. The highest BCUT2D eigenvalue weighted by Gasteiger charge is 2.10. The predicted molar refractivity (Wildman–Crippen MR) is 70.0 cm³/mol. The fraction of sp³-hybridized carbons (Fsp3) is 0.462. The van der Waals surface area contributed by atoms with E-state index in [0.29, 0.717) is 23.7 Å². The number of Topliss-reactive ketones (excluding diaryl/α,β-unsaturated/α-hetero) is 1. The SMILES string of the molecule is CCOc1ccc(C(C)=O)cc1CS(=O)CC. The second-order valence-electron chi connectivity index (χ2n) is 3.68. The van der Waals surface area contributed by atoms with Gasteiger partial charge >= 0.3 is 0 Å². The molecular weight excluding hydrogens is 236 g/mol. The van der Waals surface area contributed by atoms with Gasteiger partial charge in [-0.05, 0) is 32.0 Å². The Balaban J connectivity index is 3.06. The number of benzene rings is 1. The molecule has 0 heterocycles. The molecule has 0 aliphatic rings. The van der Waals surface area contributed by atoms with Crippen LogP contribution in [0.1, 0.15) is 36.7 Å². The van der Waals surface area contributed by atoms with Crippen molar-refractivity contribution in [2.24, 2.45) is 0 Å². The minimum Gasteiger partial charge on any atom is -0.494 e. The first-order valence-corrected chi connectivity index (χ1v) is 7.18. The zero-order chi connectivity index (χ0) is 12.8. The van der Waals surface area contributed by atoms with Gasteiger partial charge in [0.25, 0.3) is 0 Å². The molecule has 1 unspecified atom stereocenters. The van der Waals surface area contributed by atoms with Crippen molar-refractivity contribution >= 4 is 16.6 Å². The molecule has 0 amide bonds. The van der Waals surface area contributed by atoms with E-state index in [2.05, 4.69) is 0 Å². The Morgan fingerprint density at radius 2 is 2.06 bits per heavy atom. The average Bonchev–Trinajstić information content (AvgIpc) is 2.31. The molecule has 0 spiro atoms. The van der Waals surface area contributed by atoms with E-state index in [0.717, 1.165) is 11.3 Å². The standard InChI is InChI=1S/C13H18O3S/c1-4-16-13-7-6-11(10(3)14)8-12(13)9-17(15)5-2/h6-8H,4-5,9H2,1-3H3. The van der Waals surface area contributed by atoms with Gasteiger partial charge in [0.15, 0.2) is 5.78 Å². The smallest absolute Gasteiger partial charge is 0.159 e. The third-order valence-electron chi connectivity index (χ3n) is 2.41. The molecule has 4 heteroatoms. The molecule has 0 bridgehead atoms. The summed E-state index contributed by atoms with van der Waals surface area (Å²) in [4.78, 5) is 11.3. The summed E-state index contributed by atoms with van der Waals surface area (Å²) in [7, 11) is -0.905. The summed E-state index contributed by atoms with van der Waals surface area (Å²) in [5.41, 5.74) is 1.48. The van der Waals surface area contributed by atoms with Crippen LogP contribution in [-0.4, -0.2) is 22.4 Å². The first-order chi connectivity index (χ1) is 8.08.